The molecule has 3 unspecified atom stereocenters. The number of thioether (sulfide) groups is 1. The number of hydrogen-bond acceptors (Lipinski definition) is 7. The number of rotatable bonds is 12. The first-order chi connectivity index (χ1) is 12.1. The number of carbonyl (C=O) groups is 4. The van der Waals surface area contributed by atoms with Crippen molar-refractivity contribution in [3.8, 4) is 0 Å². The Morgan fingerprint density at radius 2 is 1.77 bits per heavy atom. The maximum Gasteiger partial charge on any atom is 0.326 e. The molecule has 6 N–H and O–H groups in total. The average molecular weight is 409 g/mol. The molecule has 0 heterocycles. The van der Waals surface area contributed by atoms with E-state index in [-0.39, 0.29) is 18.2 Å². The summed E-state index contributed by atoms with van der Waals surface area (Å²) in [7, 11) is 0. The Bertz CT molecular complexity index is 504. The van der Waals surface area contributed by atoms with E-state index in [4.69, 9.17) is 10.8 Å². The van der Waals surface area contributed by atoms with Crippen molar-refractivity contribution in [1.82, 2.24) is 16.0 Å². The molecule has 0 saturated carbocycles. The first-order valence-electron chi connectivity index (χ1n) is 8.09. The number of carboxylic acid groups (broad SMARTS) is 1. The van der Waals surface area contributed by atoms with Crippen LogP contribution in [0.1, 0.15) is 20.3 Å². The molecule has 0 aromatic heterocycles. The molecule has 11 heteroatoms. The molecule has 0 rings (SSSR count). The molecular weight excluding hydrogens is 380 g/mol. The van der Waals surface area contributed by atoms with Crippen LogP contribution in [0.25, 0.3) is 0 Å². The Labute approximate surface area is 163 Å². The number of aliphatic carboxylic acids is 1. The largest absolute Gasteiger partial charge is 0.480 e. The third-order valence-corrected chi connectivity index (χ3v) is 4.49. The number of carboxylic acids is 1. The fraction of sp³-hybridized carbons (Fsp3) is 0.733. The van der Waals surface area contributed by atoms with Gasteiger partial charge in [-0.25, -0.2) is 4.79 Å². The molecule has 0 aliphatic heterocycles. The number of hydrogen-bond donors (Lipinski definition) is 6. The third kappa shape index (κ3) is 9.30. The predicted octanol–water partition coefficient (Wildman–Crippen LogP) is -1.18. The van der Waals surface area contributed by atoms with Gasteiger partial charge in [0, 0.05) is 5.75 Å². The zero-order valence-corrected chi connectivity index (χ0v) is 16.9. The number of carbonyl (C=O) groups excluding carboxylic acids is 3. The maximum atomic E-state index is 12.3. The molecule has 0 saturated heterocycles. The highest BCUT2D eigenvalue weighted by atomic mass is 32.2. The van der Waals surface area contributed by atoms with Crippen LogP contribution in [0, 0.1) is 5.92 Å². The normalized spacial score (nSPS) is 14.2. The van der Waals surface area contributed by atoms with Crippen LogP contribution < -0.4 is 21.7 Å². The summed E-state index contributed by atoms with van der Waals surface area (Å²) in [6.45, 7) is 2.94. The molecule has 0 bridgehead atoms. The summed E-state index contributed by atoms with van der Waals surface area (Å²) in [5, 5.41) is 16.4. The van der Waals surface area contributed by atoms with Gasteiger partial charge in [0.05, 0.1) is 12.6 Å². The van der Waals surface area contributed by atoms with Crippen molar-refractivity contribution in [2.24, 2.45) is 11.7 Å². The van der Waals surface area contributed by atoms with E-state index in [0.29, 0.717) is 12.2 Å². The van der Waals surface area contributed by atoms with Crippen molar-refractivity contribution in [2.45, 2.75) is 38.4 Å². The second-order valence-electron chi connectivity index (χ2n) is 5.98. The topological polar surface area (TPSA) is 151 Å². The first kappa shape index (κ1) is 24.5. The Hall–Kier alpha value is -1.46. The molecule has 0 aromatic carbocycles. The van der Waals surface area contributed by atoms with Crippen LogP contribution in [-0.4, -0.2) is 71.2 Å². The molecule has 3 amide bonds. The second-order valence-corrected chi connectivity index (χ2v) is 7.33. The Kier molecular flexibility index (Phi) is 12.1. The quantitative estimate of drug-likeness (QED) is 0.223. The lowest BCUT2D eigenvalue weighted by molar-refractivity contribution is -0.143. The van der Waals surface area contributed by atoms with E-state index in [1.54, 1.807) is 13.8 Å². The zero-order chi connectivity index (χ0) is 20.3. The lowest BCUT2D eigenvalue weighted by atomic mass is 10.1. The van der Waals surface area contributed by atoms with E-state index >= 15 is 0 Å². The van der Waals surface area contributed by atoms with Crippen LogP contribution in [0.4, 0.5) is 0 Å². The van der Waals surface area contributed by atoms with Crippen molar-refractivity contribution in [1.29, 1.82) is 0 Å². The van der Waals surface area contributed by atoms with Gasteiger partial charge in [0.15, 0.2) is 0 Å². The fourth-order valence-corrected chi connectivity index (χ4v) is 2.53. The Balaban J connectivity index is 4.70. The minimum Gasteiger partial charge on any atom is -0.480 e. The highest BCUT2D eigenvalue weighted by Crippen LogP contribution is 2.03. The Morgan fingerprint density at radius 3 is 2.23 bits per heavy atom. The van der Waals surface area contributed by atoms with Crippen LogP contribution in [0.2, 0.25) is 0 Å². The SMILES string of the molecule is CSCCC(NC(=O)C(N)CS)C(=O)NCC(=O)NC(C(=O)O)C(C)C. The van der Waals surface area contributed by atoms with Crippen LogP contribution in [0.5, 0.6) is 0 Å². The molecule has 150 valence electrons. The summed E-state index contributed by atoms with van der Waals surface area (Å²) in [5.74, 6) is -2.36. The summed E-state index contributed by atoms with van der Waals surface area (Å²) in [4.78, 5) is 47.1. The Morgan fingerprint density at radius 1 is 1.15 bits per heavy atom. The van der Waals surface area contributed by atoms with Gasteiger partial charge in [-0.15, -0.1) is 0 Å². The van der Waals surface area contributed by atoms with Gasteiger partial charge in [-0.05, 0) is 24.3 Å². The van der Waals surface area contributed by atoms with E-state index in [1.807, 2.05) is 6.26 Å². The van der Waals surface area contributed by atoms with Crippen LogP contribution in [-0.2, 0) is 19.2 Å². The maximum absolute atomic E-state index is 12.3. The van der Waals surface area contributed by atoms with E-state index in [2.05, 4.69) is 28.6 Å². The average Bonchev–Trinajstić information content (AvgIpc) is 2.59. The summed E-state index contributed by atoms with van der Waals surface area (Å²) >= 11 is 5.45. The lowest BCUT2D eigenvalue weighted by Gasteiger charge is -2.21. The van der Waals surface area contributed by atoms with Crippen LogP contribution in [0.3, 0.4) is 0 Å². The van der Waals surface area contributed by atoms with Gasteiger partial charge in [-0.1, -0.05) is 13.8 Å². The van der Waals surface area contributed by atoms with E-state index < -0.39 is 41.8 Å². The molecule has 0 aliphatic rings. The number of nitrogens with two attached hydrogens (primary N) is 1. The third-order valence-electron chi connectivity index (χ3n) is 3.45. The van der Waals surface area contributed by atoms with Gasteiger partial charge >= 0.3 is 5.97 Å². The predicted molar refractivity (Wildman–Crippen MR) is 104 cm³/mol. The van der Waals surface area contributed by atoms with Crippen molar-refractivity contribution >= 4 is 48.1 Å². The van der Waals surface area contributed by atoms with Gasteiger partial charge in [0.2, 0.25) is 17.7 Å². The molecule has 0 spiro atoms. The minimum absolute atomic E-state index is 0.136. The van der Waals surface area contributed by atoms with Crippen molar-refractivity contribution in [2.75, 3.05) is 24.3 Å². The summed E-state index contributed by atoms with van der Waals surface area (Å²) in [5.41, 5.74) is 5.58. The van der Waals surface area contributed by atoms with E-state index in [9.17, 15) is 19.2 Å². The fourth-order valence-electron chi connectivity index (χ4n) is 1.89. The number of nitrogens with one attached hydrogen (secondary N) is 3. The highest BCUT2D eigenvalue weighted by molar-refractivity contribution is 7.98. The molecule has 9 nitrogen and oxygen atoms in total. The van der Waals surface area contributed by atoms with E-state index in [1.165, 1.54) is 11.8 Å². The second kappa shape index (κ2) is 12.8. The molecule has 0 radical (unpaired) electrons. The summed E-state index contributed by atoms with van der Waals surface area (Å²) in [6, 6.07) is -2.72. The van der Waals surface area contributed by atoms with Gasteiger partial charge in [0.1, 0.15) is 12.1 Å². The van der Waals surface area contributed by atoms with Crippen LogP contribution in [0.15, 0.2) is 0 Å². The molecule has 26 heavy (non-hydrogen) atoms. The standard InChI is InChI=1S/C15H28N4O5S2/c1-8(2)12(15(23)24)19-11(20)6-17-14(22)10(4-5-26-3)18-13(21)9(16)7-25/h8-10,12,25H,4-7,16H2,1-3H3,(H,17,22)(H,18,21)(H,19,20)(H,23,24). The molecular formula is C15H28N4O5S2. The monoisotopic (exact) mass is 408 g/mol. The van der Waals surface area contributed by atoms with E-state index in [0.717, 1.165) is 0 Å². The minimum atomic E-state index is -1.15. The van der Waals surface area contributed by atoms with Gasteiger partial charge in [-0.3, -0.25) is 14.4 Å². The number of thiol groups is 1. The summed E-state index contributed by atoms with van der Waals surface area (Å²) in [6.07, 6.45) is 2.23. The smallest absolute Gasteiger partial charge is 0.326 e. The summed E-state index contributed by atoms with van der Waals surface area (Å²) < 4.78 is 0. The lowest BCUT2D eigenvalue weighted by Crippen LogP contribution is -2.54. The van der Waals surface area contributed by atoms with Crippen molar-refractivity contribution in [3.63, 3.8) is 0 Å². The first-order valence-corrected chi connectivity index (χ1v) is 10.1. The van der Waals surface area contributed by atoms with Gasteiger partial charge < -0.3 is 26.8 Å². The molecule has 0 aromatic rings. The van der Waals surface area contributed by atoms with Gasteiger partial charge in [0.25, 0.3) is 0 Å². The van der Waals surface area contributed by atoms with Crippen molar-refractivity contribution < 1.29 is 24.3 Å². The molecule has 3 atom stereocenters. The molecule has 0 aliphatic carbocycles. The molecule has 0 fully saturated rings. The van der Waals surface area contributed by atoms with Crippen molar-refractivity contribution in [3.05, 3.63) is 0 Å². The highest BCUT2D eigenvalue weighted by Gasteiger charge is 2.25. The van der Waals surface area contributed by atoms with Crippen LogP contribution >= 0.6 is 24.4 Å². The zero-order valence-electron chi connectivity index (χ0n) is 15.2. The van der Waals surface area contributed by atoms with Gasteiger partial charge in [-0.2, -0.15) is 24.4 Å². The number of amides is 3.